The van der Waals surface area contributed by atoms with Crippen LogP contribution in [0.5, 0.6) is 5.88 Å². The fourth-order valence-electron chi connectivity index (χ4n) is 7.83. The first-order chi connectivity index (χ1) is 24.6. The number of carbonyl (C=O) groups is 1. The highest BCUT2D eigenvalue weighted by molar-refractivity contribution is 6.36. The number of carbonyl (C=O) groups excluding carboxylic acids is 1. The first-order valence-electron chi connectivity index (χ1n) is 17.2. The number of methoxy groups -OCH3 is 1. The van der Waals surface area contributed by atoms with E-state index in [0.717, 1.165) is 86.3 Å². The second-order valence-electron chi connectivity index (χ2n) is 14.1. The topological polar surface area (TPSA) is 122 Å². The molecule has 2 aliphatic heterocycles. The second-order valence-corrected chi connectivity index (χ2v) is 14.5. The molecule has 0 aliphatic carbocycles. The van der Waals surface area contributed by atoms with Crippen LogP contribution in [-0.2, 0) is 32.0 Å². The third-order valence-electron chi connectivity index (χ3n) is 10.2. The number of hydrogen-bond acceptors (Lipinski definition) is 8. The fourth-order valence-corrected chi connectivity index (χ4v) is 8.15. The average molecular weight is 705 g/mol. The molecule has 1 atom stereocenters. The molecular weight excluding hydrogens is 664 g/mol. The largest absolute Gasteiger partial charge is 0.481 e. The number of fused-ring (bicyclic) bond motifs is 2. The SMILES string of the molecule is COc1nc(-c2cccc(-c3cccc4c(-c5cn(C)c6cc(CNC[C@@H](C)O)cnc56)nn(C)c34)c2Cl)ccc1CN1CC2(CNC(=O)C2)C1. The number of pyridine rings is 2. The van der Waals surface area contributed by atoms with Gasteiger partial charge in [-0.2, -0.15) is 5.10 Å². The van der Waals surface area contributed by atoms with E-state index in [1.165, 1.54) is 0 Å². The number of benzene rings is 2. The minimum atomic E-state index is -0.409. The van der Waals surface area contributed by atoms with Crippen molar-refractivity contribution in [1.82, 2.24) is 39.8 Å². The van der Waals surface area contributed by atoms with Crippen LogP contribution in [-0.4, -0.2) is 79.6 Å². The van der Waals surface area contributed by atoms with Gasteiger partial charge in [-0.1, -0.05) is 54.1 Å². The highest BCUT2D eigenvalue weighted by atomic mass is 35.5. The van der Waals surface area contributed by atoms with Crippen LogP contribution in [0.4, 0.5) is 0 Å². The zero-order valence-corrected chi connectivity index (χ0v) is 30.0. The lowest BCUT2D eigenvalue weighted by molar-refractivity contribution is -0.120. The number of aromatic nitrogens is 5. The van der Waals surface area contributed by atoms with Gasteiger partial charge in [0.15, 0.2) is 0 Å². The summed E-state index contributed by atoms with van der Waals surface area (Å²) in [6, 6.07) is 18.5. The van der Waals surface area contributed by atoms with Gasteiger partial charge in [0.25, 0.3) is 0 Å². The van der Waals surface area contributed by atoms with Crippen LogP contribution in [0, 0.1) is 5.41 Å². The number of aliphatic hydroxyl groups excluding tert-OH is 1. The lowest BCUT2D eigenvalue weighted by atomic mass is 9.79. The quantitative estimate of drug-likeness (QED) is 0.176. The average Bonchev–Trinajstić information content (AvgIpc) is 3.77. The molecule has 2 fully saturated rings. The molecule has 2 aromatic carbocycles. The molecule has 0 saturated carbocycles. The first kappa shape index (κ1) is 33.3. The maximum atomic E-state index is 11.8. The van der Waals surface area contributed by atoms with Gasteiger partial charge in [0.05, 0.1) is 40.5 Å². The third kappa shape index (κ3) is 6.03. The summed E-state index contributed by atoms with van der Waals surface area (Å²) in [6.07, 6.45) is 4.17. The number of para-hydroxylation sites is 1. The van der Waals surface area contributed by atoms with Crippen molar-refractivity contribution in [2.45, 2.75) is 32.5 Å². The highest BCUT2D eigenvalue weighted by Crippen LogP contribution is 2.43. The summed E-state index contributed by atoms with van der Waals surface area (Å²) in [5, 5.41) is 22.5. The Morgan fingerprint density at radius 2 is 1.86 bits per heavy atom. The number of likely N-dealkylation sites (tertiary alicyclic amines) is 1. The monoisotopic (exact) mass is 704 g/mol. The molecule has 2 saturated heterocycles. The van der Waals surface area contributed by atoms with Crippen LogP contribution < -0.4 is 15.4 Å². The van der Waals surface area contributed by atoms with Crippen molar-refractivity contribution >= 4 is 39.4 Å². The molecule has 4 aromatic heterocycles. The number of nitrogens with one attached hydrogen (secondary N) is 2. The van der Waals surface area contributed by atoms with Crippen LogP contribution in [0.1, 0.15) is 24.5 Å². The van der Waals surface area contributed by atoms with Gasteiger partial charge in [-0.3, -0.25) is 19.4 Å². The number of rotatable bonds is 10. The number of aryl methyl sites for hydroxylation is 2. The van der Waals surface area contributed by atoms with Gasteiger partial charge in [-0.25, -0.2) is 4.98 Å². The Bertz CT molecular complexity index is 2310. The van der Waals surface area contributed by atoms with E-state index in [1.54, 1.807) is 14.0 Å². The van der Waals surface area contributed by atoms with E-state index in [1.807, 2.05) is 55.3 Å². The fraction of sp³-hybridized carbons (Fsp3) is 0.333. The molecule has 6 aromatic rings. The predicted octanol–water partition coefficient (Wildman–Crippen LogP) is 5.31. The molecule has 0 bridgehead atoms. The summed E-state index contributed by atoms with van der Waals surface area (Å²) in [6.45, 7) is 6.14. The number of amides is 1. The highest BCUT2D eigenvalue weighted by Gasteiger charge is 2.48. The van der Waals surface area contributed by atoms with E-state index in [2.05, 4.69) is 50.6 Å². The Labute approximate surface area is 301 Å². The van der Waals surface area contributed by atoms with Crippen molar-refractivity contribution in [2.75, 3.05) is 33.3 Å². The summed E-state index contributed by atoms with van der Waals surface area (Å²) < 4.78 is 9.78. The summed E-state index contributed by atoms with van der Waals surface area (Å²) in [4.78, 5) is 23.9. The van der Waals surface area contributed by atoms with Crippen LogP contribution in [0.15, 0.2) is 67.0 Å². The van der Waals surface area contributed by atoms with E-state index < -0.39 is 6.10 Å². The molecule has 6 heterocycles. The number of hydrogen-bond donors (Lipinski definition) is 3. The van der Waals surface area contributed by atoms with Gasteiger partial charge in [0.1, 0.15) is 5.69 Å². The summed E-state index contributed by atoms with van der Waals surface area (Å²) in [5.41, 5.74) is 10.2. The van der Waals surface area contributed by atoms with Crippen LogP contribution in [0.25, 0.3) is 55.6 Å². The van der Waals surface area contributed by atoms with E-state index in [-0.39, 0.29) is 11.3 Å². The number of halogens is 1. The molecule has 1 amide bonds. The van der Waals surface area contributed by atoms with Crippen LogP contribution in [0.3, 0.4) is 0 Å². The minimum Gasteiger partial charge on any atom is -0.481 e. The van der Waals surface area contributed by atoms with Crippen molar-refractivity contribution in [2.24, 2.45) is 19.5 Å². The zero-order chi connectivity index (χ0) is 35.4. The number of nitrogens with zero attached hydrogens (tertiary/aromatic N) is 6. The van der Waals surface area contributed by atoms with Crippen molar-refractivity contribution < 1.29 is 14.6 Å². The molecule has 2 aliphatic rings. The van der Waals surface area contributed by atoms with E-state index >= 15 is 0 Å². The molecule has 12 heteroatoms. The zero-order valence-electron chi connectivity index (χ0n) is 29.2. The van der Waals surface area contributed by atoms with Gasteiger partial charge in [0.2, 0.25) is 11.8 Å². The molecule has 0 radical (unpaired) electrons. The summed E-state index contributed by atoms with van der Waals surface area (Å²) in [7, 11) is 5.63. The Balaban J connectivity index is 1.10. The van der Waals surface area contributed by atoms with Crippen molar-refractivity contribution in [3.63, 3.8) is 0 Å². The molecule has 8 rings (SSSR count). The van der Waals surface area contributed by atoms with E-state index in [9.17, 15) is 9.90 Å². The second kappa shape index (κ2) is 13.1. The number of ether oxygens (including phenoxy) is 1. The Morgan fingerprint density at radius 1 is 1.08 bits per heavy atom. The normalized spacial score (nSPS) is 16.2. The minimum absolute atomic E-state index is 0.0666. The van der Waals surface area contributed by atoms with Crippen molar-refractivity contribution in [3.05, 3.63) is 83.1 Å². The molecular formula is C39H41ClN8O3. The third-order valence-corrected chi connectivity index (χ3v) is 10.6. The van der Waals surface area contributed by atoms with Crippen LogP contribution in [0.2, 0.25) is 5.02 Å². The standard InChI is InChI=1S/C39H41ClN8O3/c1-23(49)15-41-16-24-13-32-36(42-17-24)30(19-46(32)2)35-29-10-6-8-27(37(29)47(3)45-35)26-7-5-9-28(34(26)40)31-12-11-25(38(44-31)51-4)18-48-21-39(22-48)14-33(50)43-20-39/h5-13,17,19,23,41,49H,14-16,18,20-22H2,1-4H3,(H,43,50)/t23-/m1/s1. The molecule has 11 nitrogen and oxygen atoms in total. The van der Waals surface area contributed by atoms with E-state index in [0.29, 0.717) is 37.0 Å². The Hall–Kier alpha value is -4.81. The molecule has 262 valence electrons. The predicted molar refractivity (Wildman–Crippen MR) is 199 cm³/mol. The number of aliphatic hydroxyl groups is 1. The van der Waals surface area contributed by atoms with Gasteiger partial charge in [0, 0.05) is 111 Å². The van der Waals surface area contributed by atoms with Crippen molar-refractivity contribution in [1.29, 1.82) is 0 Å². The van der Waals surface area contributed by atoms with Gasteiger partial charge in [-0.15, -0.1) is 0 Å². The van der Waals surface area contributed by atoms with Gasteiger partial charge < -0.3 is 25.0 Å². The van der Waals surface area contributed by atoms with E-state index in [4.69, 9.17) is 31.4 Å². The smallest absolute Gasteiger partial charge is 0.220 e. The molecule has 1 spiro atoms. The molecule has 0 unspecified atom stereocenters. The Kier molecular flexibility index (Phi) is 8.54. The van der Waals surface area contributed by atoms with Gasteiger partial charge in [-0.05, 0) is 24.6 Å². The Morgan fingerprint density at radius 3 is 2.63 bits per heavy atom. The summed E-state index contributed by atoms with van der Waals surface area (Å²) in [5.74, 6) is 0.716. The van der Waals surface area contributed by atoms with Crippen molar-refractivity contribution in [3.8, 4) is 39.5 Å². The van der Waals surface area contributed by atoms with Gasteiger partial charge >= 0.3 is 0 Å². The van der Waals surface area contributed by atoms with Crippen LogP contribution >= 0.6 is 11.6 Å². The lowest BCUT2D eigenvalue weighted by Gasteiger charge is -2.47. The lowest BCUT2D eigenvalue weighted by Crippen LogP contribution is -2.56. The maximum absolute atomic E-state index is 11.8. The summed E-state index contributed by atoms with van der Waals surface area (Å²) >= 11 is 7.25. The molecule has 51 heavy (non-hydrogen) atoms. The molecule has 3 N–H and O–H groups in total. The first-order valence-corrected chi connectivity index (χ1v) is 17.6. The maximum Gasteiger partial charge on any atom is 0.220 e.